The van der Waals surface area contributed by atoms with Gasteiger partial charge in [-0.1, -0.05) is 121 Å². The summed E-state index contributed by atoms with van der Waals surface area (Å²) in [6, 6.07) is 38.9. The van der Waals surface area contributed by atoms with E-state index in [1.807, 2.05) is 121 Å². The van der Waals surface area contributed by atoms with E-state index in [4.69, 9.17) is 28.4 Å². The van der Waals surface area contributed by atoms with Crippen LogP contribution in [0.2, 0.25) is 0 Å². The minimum atomic E-state index is -1.38. The van der Waals surface area contributed by atoms with Crippen LogP contribution in [0.1, 0.15) is 29.2 Å². The minimum absolute atomic E-state index is 0.105. The second-order valence-electron chi connectivity index (χ2n) is 10.9. The van der Waals surface area contributed by atoms with Crippen molar-refractivity contribution in [2.75, 3.05) is 6.61 Å². The molecule has 0 aliphatic carbocycles. The van der Waals surface area contributed by atoms with E-state index in [1.165, 1.54) is 6.92 Å². The number of aliphatic hydroxyl groups is 1. The Labute approximate surface area is 264 Å². The molecule has 1 aliphatic rings. The van der Waals surface area contributed by atoms with Gasteiger partial charge in [-0.2, -0.15) is 0 Å². The Morgan fingerprint density at radius 1 is 0.622 bits per heavy atom. The fourth-order valence-electron chi connectivity index (χ4n) is 5.22. The number of benzene rings is 4. The van der Waals surface area contributed by atoms with Crippen molar-refractivity contribution in [1.82, 2.24) is 0 Å². The maximum atomic E-state index is 11.9. The molecule has 0 radical (unpaired) electrons. The van der Waals surface area contributed by atoms with E-state index in [1.54, 1.807) is 0 Å². The van der Waals surface area contributed by atoms with Crippen molar-refractivity contribution in [2.45, 2.75) is 70.2 Å². The molecule has 0 aromatic heterocycles. The Hall–Kier alpha value is -3.89. The first-order valence-corrected chi connectivity index (χ1v) is 15.2. The van der Waals surface area contributed by atoms with Crippen LogP contribution in [-0.2, 0) is 59.6 Å². The van der Waals surface area contributed by atoms with Gasteiger partial charge in [-0.15, -0.1) is 0 Å². The third-order valence-electron chi connectivity index (χ3n) is 7.53. The van der Waals surface area contributed by atoms with Gasteiger partial charge in [0.25, 0.3) is 0 Å². The lowest BCUT2D eigenvalue weighted by Gasteiger charge is -2.46. The molecule has 1 N–H and O–H groups in total. The Morgan fingerprint density at radius 2 is 1.02 bits per heavy atom. The highest BCUT2D eigenvalue weighted by Gasteiger charge is 2.51. The highest BCUT2D eigenvalue weighted by molar-refractivity contribution is 5.65. The summed E-state index contributed by atoms with van der Waals surface area (Å²) < 4.78 is 37.5. The van der Waals surface area contributed by atoms with Gasteiger partial charge < -0.3 is 33.5 Å². The fourth-order valence-corrected chi connectivity index (χ4v) is 5.22. The lowest BCUT2D eigenvalue weighted by molar-refractivity contribution is -0.328. The van der Waals surface area contributed by atoms with Crippen LogP contribution in [0, 0.1) is 0 Å². The van der Waals surface area contributed by atoms with Crippen molar-refractivity contribution in [2.24, 2.45) is 0 Å². The summed E-state index contributed by atoms with van der Waals surface area (Å²) in [6.45, 7) is 2.20. The molecule has 1 aliphatic heterocycles. The predicted octanol–water partition coefficient (Wildman–Crippen LogP) is 5.61. The molecule has 236 valence electrons. The standard InChI is InChI=1S/C37H40O8/c1-27(38)40-26-32(41-22-28-14-6-2-7-15-28)33-34(42-23-29-16-8-3-9-17-29)35(43-24-30-18-10-4-11-19-30)36(37(39)45-33)44-25-31-20-12-5-13-21-31/h2-21,32-37,39H,22-26H2,1H3/t32-,33?,34-,35?,36?,37-/m1/s1. The average Bonchev–Trinajstić information content (AvgIpc) is 3.08. The molecule has 5 rings (SSSR count). The summed E-state index contributed by atoms with van der Waals surface area (Å²) in [5.74, 6) is -0.456. The molecule has 8 heteroatoms. The number of esters is 1. The summed E-state index contributed by atoms with van der Waals surface area (Å²) in [5, 5.41) is 11.5. The topological polar surface area (TPSA) is 92.7 Å². The van der Waals surface area contributed by atoms with Gasteiger partial charge in [0.1, 0.15) is 37.1 Å². The van der Waals surface area contributed by atoms with E-state index in [0.29, 0.717) is 0 Å². The molecule has 8 nitrogen and oxygen atoms in total. The third-order valence-corrected chi connectivity index (χ3v) is 7.53. The molecule has 4 aromatic rings. The highest BCUT2D eigenvalue weighted by Crippen LogP contribution is 2.32. The van der Waals surface area contributed by atoms with Crippen LogP contribution in [0.3, 0.4) is 0 Å². The summed E-state index contributed by atoms with van der Waals surface area (Å²) in [4.78, 5) is 11.9. The second-order valence-corrected chi connectivity index (χ2v) is 10.9. The van der Waals surface area contributed by atoms with Gasteiger partial charge in [0.2, 0.25) is 0 Å². The minimum Gasteiger partial charge on any atom is -0.463 e. The van der Waals surface area contributed by atoms with E-state index in [0.717, 1.165) is 22.3 Å². The van der Waals surface area contributed by atoms with Crippen molar-refractivity contribution >= 4 is 5.97 Å². The number of carbonyl (C=O) groups excluding carboxylic acids is 1. The van der Waals surface area contributed by atoms with Crippen LogP contribution in [0.5, 0.6) is 0 Å². The zero-order valence-electron chi connectivity index (χ0n) is 25.4. The SMILES string of the molecule is CC(=O)OC[C@@H](OCc1ccccc1)C1O[C@@H](O)C(OCc2ccccc2)C(OCc2ccccc2)[C@@H]1OCc1ccccc1. The van der Waals surface area contributed by atoms with Gasteiger partial charge >= 0.3 is 5.97 Å². The summed E-state index contributed by atoms with van der Waals surface area (Å²) in [6.07, 6.45) is -5.47. The highest BCUT2D eigenvalue weighted by atomic mass is 16.7. The van der Waals surface area contributed by atoms with Crippen LogP contribution in [-0.4, -0.2) is 54.5 Å². The number of ether oxygens (including phenoxy) is 6. The van der Waals surface area contributed by atoms with E-state index in [9.17, 15) is 9.90 Å². The predicted molar refractivity (Wildman–Crippen MR) is 168 cm³/mol. The zero-order valence-corrected chi connectivity index (χ0v) is 25.4. The van der Waals surface area contributed by atoms with Crippen molar-refractivity contribution in [3.63, 3.8) is 0 Å². The van der Waals surface area contributed by atoms with Gasteiger partial charge in [0, 0.05) is 6.92 Å². The van der Waals surface area contributed by atoms with Gasteiger partial charge in [0.15, 0.2) is 6.29 Å². The molecule has 0 amide bonds. The molecule has 1 saturated heterocycles. The van der Waals surface area contributed by atoms with E-state index >= 15 is 0 Å². The molecule has 4 aromatic carbocycles. The average molecular weight is 613 g/mol. The smallest absolute Gasteiger partial charge is 0.302 e. The van der Waals surface area contributed by atoms with Crippen molar-refractivity contribution in [3.05, 3.63) is 144 Å². The molecule has 3 unspecified atom stereocenters. The van der Waals surface area contributed by atoms with Crippen LogP contribution in [0.4, 0.5) is 0 Å². The number of aliphatic hydroxyl groups excluding tert-OH is 1. The molecule has 45 heavy (non-hydrogen) atoms. The van der Waals surface area contributed by atoms with Gasteiger partial charge in [0.05, 0.1) is 26.4 Å². The Bertz CT molecular complexity index is 1400. The molecule has 0 saturated carbocycles. The number of hydrogen-bond donors (Lipinski definition) is 1. The molecule has 1 fully saturated rings. The Morgan fingerprint density at radius 3 is 1.47 bits per heavy atom. The van der Waals surface area contributed by atoms with Crippen LogP contribution in [0.15, 0.2) is 121 Å². The van der Waals surface area contributed by atoms with Crippen molar-refractivity contribution in [1.29, 1.82) is 0 Å². The van der Waals surface area contributed by atoms with Crippen molar-refractivity contribution in [3.8, 4) is 0 Å². The third kappa shape index (κ3) is 9.80. The molecule has 6 atom stereocenters. The second kappa shape index (κ2) is 17.0. The molecular weight excluding hydrogens is 572 g/mol. The molecule has 0 spiro atoms. The van der Waals surface area contributed by atoms with E-state index in [2.05, 4.69) is 0 Å². The first kappa shape index (κ1) is 32.5. The quantitative estimate of drug-likeness (QED) is 0.173. The summed E-state index contributed by atoms with van der Waals surface area (Å²) in [5.41, 5.74) is 3.78. The first-order valence-electron chi connectivity index (χ1n) is 15.2. The number of carbonyl (C=O) groups is 1. The normalized spacial score (nSPS) is 22.0. The van der Waals surface area contributed by atoms with Gasteiger partial charge in [-0.05, 0) is 22.3 Å². The molecule has 1 heterocycles. The summed E-state index contributed by atoms with van der Waals surface area (Å²) >= 11 is 0. The summed E-state index contributed by atoms with van der Waals surface area (Å²) in [7, 11) is 0. The van der Waals surface area contributed by atoms with E-state index in [-0.39, 0.29) is 33.0 Å². The number of hydrogen-bond acceptors (Lipinski definition) is 8. The van der Waals surface area contributed by atoms with Gasteiger partial charge in [-0.3, -0.25) is 4.79 Å². The number of rotatable bonds is 15. The molecule has 0 bridgehead atoms. The van der Waals surface area contributed by atoms with Gasteiger partial charge in [-0.25, -0.2) is 0 Å². The maximum absolute atomic E-state index is 11.9. The van der Waals surface area contributed by atoms with Crippen LogP contribution < -0.4 is 0 Å². The fraction of sp³-hybridized carbons (Fsp3) is 0.324. The lowest BCUT2D eigenvalue weighted by atomic mass is 9.94. The molecular formula is C37H40O8. The van der Waals surface area contributed by atoms with E-state index < -0.39 is 42.8 Å². The first-order chi connectivity index (χ1) is 22.1. The van der Waals surface area contributed by atoms with Crippen LogP contribution >= 0.6 is 0 Å². The zero-order chi connectivity index (χ0) is 31.3. The van der Waals surface area contributed by atoms with Crippen LogP contribution in [0.25, 0.3) is 0 Å². The van der Waals surface area contributed by atoms with Crippen molar-refractivity contribution < 1.29 is 38.3 Å². The Balaban J connectivity index is 1.45. The lowest BCUT2D eigenvalue weighted by Crippen LogP contribution is -2.63. The Kier molecular flexibility index (Phi) is 12.3. The largest absolute Gasteiger partial charge is 0.463 e. The maximum Gasteiger partial charge on any atom is 0.302 e. The monoisotopic (exact) mass is 612 g/mol.